The van der Waals surface area contributed by atoms with Crippen LogP contribution in [0.15, 0.2) is 59.6 Å². The van der Waals surface area contributed by atoms with Crippen LogP contribution in [0.3, 0.4) is 0 Å². The summed E-state index contributed by atoms with van der Waals surface area (Å²) in [5.74, 6) is -1.80. The molecule has 2 aliphatic heterocycles. The zero-order valence-electron chi connectivity index (χ0n) is 16.1. The van der Waals surface area contributed by atoms with Crippen LogP contribution in [0, 0.1) is 11.7 Å². The van der Waals surface area contributed by atoms with Crippen molar-refractivity contribution >= 4 is 11.9 Å². The molecule has 1 N–H and O–H groups in total. The van der Waals surface area contributed by atoms with Gasteiger partial charge < -0.3 is 9.47 Å². The number of amides is 1. The summed E-state index contributed by atoms with van der Waals surface area (Å²) in [6.07, 6.45) is -1.27. The predicted octanol–water partition coefficient (Wildman–Crippen LogP) is 3.55. The highest BCUT2D eigenvalue weighted by Crippen LogP contribution is 2.45. The average Bonchev–Trinajstić information content (AvgIpc) is 2.79. The fourth-order valence-electron chi connectivity index (χ4n) is 4.04. The number of halogens is 3. The average molecular weight is 418 g/mol. The van der Waals surface area contributed by atoms with E-state index < -0.39 is 48.7 Å². The van der Waals surface area contributed by atoms with Crippen molar-refractivity contribution in [2.45, 2.75) is 24.2 Å². The number of nitrogens with zero attached hydrogens (tertiary/aromatic N) is 1. The van der Waals surface area contributed by atoms with E-state index in [0.717, 1.165) is 0 Å². The minimum atomic E-state index is -1.66. The topological polar surface area (TPSA) is 59.9 Å². The number of carbonyl (C=O) groups is 1. The number of hydrogen-bond acceptors (Lipinski definition) is 4. The zero-order valence-corrected chi connectivity index (χ0v) is 16.1. The second-order valence-electron chi connectivity index (χ2n) is 7.38. The Morgan fingerprint density at radius 3 is 2.57 bits per heavy atom. The summed E-state index contributed by atoms with van der Waals surface area (Å²) < 4.78 is 53.8. The van der Waals surface area contributed by atoms with Crippen molar-refractivity contribution in [1.82, 2.24) is 5.32 Å². The number of ether oxygens (including phenoxy) is 2. The van der Waals surface area contributed by atoms with Crippen molar-refractivity contribution in [3.8, 4) is 0 Å². The van der Waals surface area contributed by atoms with Gasteiger partial charge >= 0.3 is 0 Å². The van der Waals surface area contributed by atoms with Crippen molar-refractivity contribution in [3.05, 3.63) is 71.5 Å². The molecular formula is C22H21F3N2O3. The molecule has 1 amide bonds. The molecule has 0 bridgehead atoms. The van der Waals surface area contributed by atoms with E-state index >= 15 is 0 Å². The maximum absolute atomic E-state index is 14.7. The van der Waals surface area contributed by atoms with Crippen LogP contribution in [0.1, 0.15) is 22.3 Å². The van der Waals surface area contributed by atoms with E-state index in [9.17, 15) is 18.0 Å². The number of nitrogens with one attached hydrogen (secondary N) is 1. The maximum Gasteiger partial charge on any atom is 0.293 e. The third-order valence-corrected chi connectivity index (χ3v) is 5.61. The Morgan fingerprint density at radius 2 is 1.87 bits per heavy atom. The number of rotatable bonds is 4. The van der Waals surface area contributed by atoms with Gasteiger partial charge in [-0.25, -0.2) is 18.2 Å². The van der Waals surface area contributed by atoms with Gasteiger partial charge in [0.05, 0.1) is 18.6 Å². The summed E-state index contributed by atoms with van der Waals surface area (Å²) in [6, 6.07) is 13.9. The number of benzene rings is 2. The first-order chi connectivity index (χ1) is 14.6. The van der Waals surface area contributed by atoms with Gasteiger partial charge in [-0.05, 0) is 18.2 Å². The minimum Gasteiger partial charge on any atom is -0.461 e. The molecule has 0 saturated carbocycles. The molecule has 2 heterocycles. The highest BCUT2D eigenvalue weighted by atomic mass is 19.1. The van der Waals surface area contributed by atoms with Gasteiger partial charge in [0.1, 0.15) is 30.8 Å². The van der Waals surface area contributed by atoms with E-state index in [4.69, 9.17) is 9.47 Å². The maximum atomic E-state index is 14.7. The van der Waals surface area contributed by atoms with Crippen LogP contribution in [-0.2, 0) is 15.0 Å². The number of carbonyl (C=O) groups excluding carboxylic acids is 1. The lowest BCUT2D eigenvalue weighted by molar-refractivity contribution is -0.120. The Labute approximate surface area is 171 Å². The number of amidine groups is 1. The molecule has 1 fully saturated rings. The Kier molecular flexibility index (Phi) is 5.76. The van der Waals surface area contributed by atoms with Crippen molar-refractivity contribution in [1.29, 1.82) is 0 Å². The Morgan fingerprint density at radius 1 is 1.13 bits per heavy atom. The second kappa shape index (κ2) is 8.47. The SMILES string of the molecule is O=C(NC1=N[C@](CF)(c2ccccc2F)[C@H]2CO[C@H](CF)C[C@H]2O1)c1ccccc1. The lowest BCUT2D eigenvalue weighted by atomic mass is 9.73. The minimum absolute atomic E-state index is 0.0408. The number of hydrogen-bond donors (Lipinski definition) is 1. The van der Waals surface area contributed by atoms with E-state index in [1.165, 1.54) is 18.2 Å². The van der Waals surface area contributed by atoms with Gasteiger partial charge in [0.15, 0.2) is 0 Å². The van der Waals surface area contributed by atoms with Crippen LogP contribution >= 0.6 is 0 Å². The van der Waals surface area contributed by atoms with E-state index in [1.807, 2.05) is 0 Å². The van der Waals surface area contributed by atoms with Crippen LogP contribution < -0.4 is 5.32 Å². The second-order valence-corrected chi connectivity index (χ2v) is 7.38. The molecule has 0 unspecified atom stereocenters. The summed E-state index contributed by atoms with van der Waals surface area (Å²) in [5.41, 5.74) is -1.26. The van der Waals surface area contributed by atoms with Crippen molar-refractivity contribution in [2.24, 2.45) is 10.9 Å². The van der Waals surface area contributed by atoms with Gasteiger partial charge in [0.2, 0.25) is 0 Å². The van der Waals surface area contributed by atoms with Crippen LogP contribution in [0.2, 0.25) is 0 Å². The van der Waals surface area contributed by atoms with Gasteiger partial charge in [-0.1, -0.05) is 36.4 Å². The standard InChI is InChI=1S/C22H21F3N2O3/c23-11-15-10-19-17(12-29-15)22(13-24,16-8-4-5-9-18(16)25)27-21(30-19)26-20(28)14-6-2-1-3-7-14/h1-9,15,17,19H,10-13H2,(H,26,27,28)/t15-,17-,19+,22+/m0/s1. The molecule has 30 heavy (non-hydrogen) atoms. The molecule has 0 spiro atoms. The molecule has 4 atom stereocenters. The smallest absolute Gasteiger partial charge is 0.293 e. The molecule has 8 heteroatoms. The first-order valence-electron chi connectivity index (χ1n) is 9.69. The highest BCUT2D eigenvalue weighted by Gasteiger charge is 2.53. The highest BCUT2D eigenvalue weighted by molar-refractivity contribution is 6.04. The molecular weight excluding hydrogens is 397 g/mol. The van der Waals surface area contributed by atoms with Crippen LogP contribution in [0.4, 0.5) is 13.2 Å². The molecule has 4 rings (SSSR count). The lowest BCUT2D eigenvalue weighted by Gasteiger charge is -2.47. The Bertz CT molecular complexity index is 940. The van der Waals surface area contributed by atoms with Gasteiger partial charge in [-0.2, -0.15) is 0 Å². The molecule has 2 aromatic rings. The largest absolute Gasteiger partial charge is 0.461 e. The van der Waals surface area contributed by atoms with Gasteiger partial charge in [-0.15, -0.1) is 0 Å². The first kappa shape index (κ1) is 20.4. The number of aliphatic imine (C=N–C) groups is 1. The number of alkyl halides is 2. The summed E-state index contributed by atoms with van der Waals surface area (Å²) in [4.78, 5) is 16.9. The van der Waals surface area contributed by atoms with E-state index in [2.05, 4.69) is 10.3 Å². The van der Waals surface area contributed by atoms with Crippen molar-refractivity contribution < 1.29 is 27.4 Å². The van der Waals surface area contributed by atoms with Crippen molar-refractivity contribution in [2.75, 3.05) is 20.0 Å². The fraction of sp³-hybridized carbons (Fsp3) is 0.364. The van der Waals surface area contributed by atoms with E-state index in [-0.39, 0.29) is 24.6 Å². The Balaban J connectivity index is 1.74. The first-order valence-corrected chi connectivity index (χ1v) is 9.69. The summed E-state index contributed by atoms with van der Waals surface area (Å²) in [7, 11) is 0. The summed E-state index contributed by atoms with van der Waals surface area (Å²) in [6.45, 7) is -1.80. The van der Waals surface area contributed by atoms with Crippen molar-refractivity contribution in [3.63, 3.8) is 0 Å². The lowest BCUT2D eigenvalue weighted by Crippen LogP contribution is -2.57. The Hall–Kier alpha value is -2.87. The third-order valence-electron chi connectivity index (χ3n) is 5.61. The molecule has 158 valence electrons. The van der Waals surface area contributed by atoms with Gasteiger partial charge in [-0.3, -0.25) is 10.1 Å². The number of fused-ring (bicyclic) bond motifs is 1. The van der Waals surface area contributed by atoms with Crippen LogP contribution in [-0.4, -0.2) is 44.1 Å². The monoisotopic (exact) mass is 418 g/mol. The normalized spacial score (nSPS) is 28.1. The molecule has 2 aromatic carbocycles. The summed E-state index contributed by atoms with van der Waals surface area (Å²) in [5, 5.41) is 2.54. The molecule has 1 saturated heterocycles. The van der Waals surface area contributed by atoms with Crippen LogP contribution in [0.5, 0.6) is 0 Å². The van der Waals surface area contributed by atoms with Crippen LogP contribution in [0.25, 0.3) is 0 Å². The predicted molar refractivity (Wildman–Crippen MR) is 104 cm³/mol. The summed E-state index contributed by atoms with van der Waals surface area (Å²) >= 11 is 0. The molecule has 0 aromatic heterocycles. The third kappa shape index (κ3) is 3.67. The van der Waals surface area contributed by atoms with Gasteiger partial charge in [0.25, 0.3) is 11.9 Å². The molecule has 2 aliphatic rings. The fourth-order valence-corrected chi connectivity index (χ4v) is 4.04. The molecule has 5 nitrogen and oxygen atoms in total. The van der Waals surface area contributed by atoms with Gasteiger partial charge in [0, 0.05) is 17.5 Å². The molecule has 0 radical (unpaired) electrons. The zero-order chi connectivity index (χ0) is 21.1. The van der Waals surface area contributed by atoms with E-state index in [0.29, 0.717) is 5.56 Å². The van der Waals surface area contributed by atoms with E-state index in [1.54, 1.807) is 36.4 Å². The quantitative estimate of drug-likeness (QED) is 0.826. The molecule has 0 aliphatic carbocycles.